The van der Waals surface area contributed by atoms with E-state index in [0.29, 0.717) is 19.0 Å². The summed E-state index contributed by atoms with van der Waals surface area (Å²) in [6, 6.07) is 3.86. The van der Waals surface area contributed by atoms with Crippen LogP contribution in [0.15, 0.2) is 24.5 Å². The maximum Gasteiger partial charge on any atom is 0.245 e. The third-order valence-corrected chi connectivity index (χ3v) is 5.04. The summed E-state index contributed by atoms with van der Waals surface area (Å²) in [5.74, 6) is 0.0805. The fourth-order valence-corrected chi connectivity index (χ4v) is 3.56. The molecule has 3 rings (SSSR count). The van der Waals surface area contributed by atoms with Gasteiger partial charge >= 0.3 is 0 Å². The van der Waals surface area contributed by atoms with Crippen LogP contribution < -0.4 is 0 Å². The molecule has 23 heavy (non-hydrogen) atoms. The van der Waals surface area contributed by atoms with Crippen molar-refractivity contribution < 1.29 is 9.59 Å². The number of nitrogens with zero attached hydrogens (tertiary/aromatic N) is 4. The van der Waals surface area contributed by atoms with Crippen LogP contribution in [0.3, 0.4) is 0 Å². The number of carbonyl (C=O) groups is 2. The molecule has 2 aliphatic heterocycles. The number of hydrogen-bond donors (Lipinski definition) is 0. The number of likely N-dealkylation sites (N-methyl/N-ethyl adjacent to an activating group) is 1. The highest BCUT2D eigenvalue weighted by Crippen LogP contribution is 2.28. The molecule has 2 aliphatic rings. The lowest BCUT2D eigenvalue weighted by Crippen LogP contribution is -2.60. The van der Waals surface area contributed by atoms with Gasteiger partial charge in [0.2, 0.25) is 11.8 Å². The summed E-state index contributed by atoms with van der Waals surface area (Å²) >= 11 is 0. The first-order valence-electron chi connectivity index (χ1n) is 8.12. The van der Waals surface area contributed by atoms with Crippen LogP contribution >= 0.6 is 0 Å². The molecule has 1 aromatic rings. The SMILES string of the molecule is C[C@H]1C(=O)N2C[C@@H](N(C)C)C[C@H]2CN1C(=O)Cc1cccnc1. The lowest BCUT2D eigenvalue weighted by Gasteiger charge is -2.41. The molecule has 124 valence electrons. The molecule has 6 heteroatoms. The van der Waals surface area contributed by atoms with Gasteiger partial charge in [-0.05, 0) is 39.1 Å². The molecule has 3 heterocycles. The van der Waals surface area contributed by atoms with Crippen molar-refractivity contribution in [2.75, 3.05) is 27.2 Å². The predicted molar refractivity (Wildman–Crippen MR) is 86.7 cm³/mol. The number of carbonyl (C=O) groups excluding carboxylic acids is 2. The van der Waals surface area contributed by atoms with E-state index in [4.69, 9.17) is 0 Å². The third-order valence-electron chi connectivity index (χ3n) is 5.04. The minimum atomic E-state index is -0.378. The van der Waals surface area contributed by atoms with Gasteiger partial charge in [-0.1, -0.05) is 6.07 Å². The van der Waals surface area contributed by atoms with Crippen molar-refractivity contribution in [3.63, 3.8) is 0 Å². The van der Waals surface area contributed by atoms with Gasteiger partial charge in [-0.3, -0.25) is 14.6 Å². The zero-order chi connectivity index (χ0) is 16.6. The number of fused-ring (bicyclic) bond motifs is 1. The van der Waals surface area contributed by atoms with E-state index < -0.39 is 0 Å². The van der Waals surface area contributed by atoms with E-state index in [0.717, 1.165) is 18.5 Å². The van der Waals surface area contributed by atoms with Crippen LogP contribution in [0, 0.1) is 0 Å². The molecular formula is C17H24N4O2. The third kappa shape index (κ3) is 3.08. The average Bonchev–Trinajstić information content (AvgIpc) is 2.96. The summed E-state index contributed by atoms with van der Waals surface area (Å²) in [5, 5.41) is 0. The summed E-state index contributed by atoms with van der Waals surface area (Å²) in [6.45, 7) is 3.24. The summed E-state index contributed by atoms with van der Waals surface area (Å²) in [7, 11) is 4.09. The molecule has 1 aromatic heterocycles. The molecule has 0 aromatic carbocycles. The van der Waals surface area contributed by atoms with Crippen molar-refractivity contribution in [3.05, 3.63) is 30.1 Å². The van der Waals surface area contributed by atoms with E-state index in [1.807, 2.05) is 38.1 Å². The minimum absolute atomic E-state index is 0.00630. The quantitative estimate of drug-likeness (QED) is 0.809. The first-order chi connectivity index (χ1) is 11.0. The largest absolute Gasteiger partial charge is 0.335 e. The number of amides is 2. The first kappa shape index (κ1) is 15.9. The molecule has 0 saturated carbocycles. The van der Waals surface area contributed by atoms with Gasteiger partial charge in [0, 0.05) is 31.5 Å². The fourth-order valence-electron chi connectivity index (χ4n) is 3.56. The summed E-state index contributed by atoms with van der Waals surface area (Å²) in [5.41, 5.74) is 0.886. The summed E-state index contributed by atoms with van der Waals surface area (Å²) < 4.78 is 0. The molecule has 0 spiro atoms. The predicted octanol–water partition coefficient (Wildman–Crippen LogP) is 0.386. The van der Waals surface area contributed by atoms with E-state index in [2.05, 4.69) is 9.88 Å². The van der Waals surface area contributed by atoms with Crippen molar-refractivity contribution in [2.45, 2.75) is 37.9 Å². The Kier molecular flexibility index (Phi) is 4.35. The number of aromatic nitrogens is 1. The maximum atomic E-state index is 12.6. The lowest BCUT2D eigenvalue weighted by atomic mass is 10.0. The van der Waals surface area contributed by atoms with Crippen molar-refractivity contribution in [3.8, 4) is 0 Å². The van der Waals surface area contributed by atoms with Crippen LogP contribution in [0.4, 0.5) is 0 Å². The Bertz CT molecular complexity index is 590. The van der Waals surface area contributed by atoms with Crippen LogP contribution in [0.25, 0.3) is 0 Å². The van der Waals surface area contributed by atoms with Gasteiger partial charge in [0.15, 0.2) is 0 Å². The van der Waals surface area contributed by atoms with E-state index in [1.165, 1.54) is 0 Å². The summed E-state index contributed by atoms with van der Waals surface area (Å²) in [6.07, 6.45) is 4.63. The van der Waals surface area contributed by atoms with Gasteiger partial charge in [-0.2, -0.15) is 0 Å². The molecular weight excluding hydrogens is 292 g/mol. The number of pyridine rings is 1. The normalized spacial score (nSPS) is 27.5. The minimum Gasteiger partial charge on any atom is -0.335 e. The van der Waals surface area contributed by atoms with E-state index >= 15 is 0 Å². The Morgan fingerprint density at radius 3 is 2.83 bits per heavy atom. The van der Waals surface area contributed by atoms with E-state index in [1.54, 1.807) is 17.3 Å². The molecule has 2 amide bonds. The monoisotopic (exact) mass is 316 g/mol. The zero-order valence-electron chi connectivity index (χ0n) is 14.0. The van der Waals surface area contributed by atoms with Crippen molar-refractivity contribution >= 4 is 11.8 Å². The Hall–Kier alpha value is -1.95. The number of piperazine rings is 1. The van der Waals surface area contributed by atoms with Crippen molar-refractivity contribution in [1.82, 2.24) is 19.7 Å². The smallest absolute Gasteiger partial charge is 0.245 e. The molecule has 0 bridgehead atoms. The first-order valence-corrected chi connectivity index (χ1v) is 8.12. The Morgan fingerprint density at radius 2 is 2.17 bits per heavy atom. The molecule has 0 radical (unpaired) electrons. The van der Waals surface area contributed by atoms with Crippen molar-refractivity contribution in [1.29, 1.82) is 0 Å². The average molecular weight is 316 g/mol. The molecule has 2 fully saturated rings. The topological polar surface area (TPSA) is 56.8 Å². The number of hydrogen-bond acceptors (Lipinski definition) is 4. The highest BCUT2D eigenvalue weighted by atomic mass is 16.2. The highest BCUT2D eigenvalue weighted by Gasteiger charge is 2.45. The molecule has 3 atom stereocenters. The lowest BCUT2D eigenvalue weighted by molar-refractivity contribution is -0.152. The maximum absolute atomic E-state index is 12.6. The van der Waals surface area contributed by atoms with E-state index in [9.17, 15) is 9.59 Å². The highest BCUT2D eigenvalue weighted by molar-refractivity contribution is 5.89. The fraction of sp³-hybridized carbons (Fsp3) is 0.588. The van der Waals surface area contributed by atoms with Gasteiger partial charge in [-0.25, -0.2) is 0 Å². The van der Waals surface area contributed by atoms with Gasteiger partial charge in [-0.15, -0.1) is 0 Å². The van der Waals surface area contributed by atoms with Crippen LogP contribution in [0.5, 0.6) is 0 Å². The van der Waals surface area contributed by atoms with Gasteiger partial charge < -0.3 is 14.7 Å². The molecule has 0 N–H and O–H groups in total. The Balaban J connectivity index is 1.71. The second-order valence-corrected chi connectivity index (χ2v) is 6.76. The van der Waals surface area contributed by atoms with Crippen LogP contribution in [0.2, 0.25) is 0 Å². The van der Waals surface area contributed by atoms with Crippen LogP contribution in [-0.4, -0.2) is 76.8 Å². The standard InChI is InChI=1S/C17H24N4O2/c1-12-17(23)21-10-14(19(2)3)8-15(21)11-20(12)16(22)7-13-5-4-6-18-9-13/h4-6,9,12,14-15H,7-8,10-11H2,1-3H3/t12-,14-,15-/m0/s1. The Labute approximate surface area is 137 Å². The second kappa shape index (κ2) is 6.28. The zero-order valence-corrected chi connectivity index (χ0v) is 14.0. The Morgan fingerprint density at radius 1 is 1.39 bits per heavy atom. The van der Waals surface area contributed by atoms with Crippen LogP contribution in [0.1, 0.15) is 18.9 Å². The second-order valence-electron chi connectivity index (χ2n) is 6.76. The van der Waals surface area contributed by atoms with Gasteiger partial charge in [0.25, 0.3) is 0 Å². The van der Waals surface area contributed by atoms with Crippen molar-refractivity contribution in [2.24, 2.45) is 0 Å². The molecule has 0 unspecified atom stereocenters. The molecule has 2 saturated heterocycles. The van der Waals surface area contributed by atoms with Gasteiger partial charge in [0.1, 0.15) is 6.04 Å². The molecule has 0 aliphatic carbocycles. The van der Waals surface area contributed by atoms with Gasteiger partial charge in [0.05, 0.1) is 12.5 Å². The molecule has 6 nitrogen and oxygen atoms in total. The number of rotatable bonds is 3. The van der Waals surface area contributed by atoms with Crippen LogP contribution in [-0.2, 0) is 16.0 Å². The van der Waals surface area contributed by atoms with E-state index in [-0.39, 0.29) is 23.9 Å². The summed E-state index contributed by atoms with van der Waals surface area (Å²) in [4.78, 5) is 35.2.